The van der Waals surface area contributed by atoms with Crippen molar-refractivity contribution >= 4 is 12.0 Å². The number of carbonyl (C=O) groups is 2. The number of amides is 2. The maximum absolute atomic E-state index is 13.0. The molecule has 0 spiro atoms. The van der Waals surface area contributed by atoms with Crippen LogP contribution in [0.3, 0.4) is 0 Å². The van der Waals surface area contributed by atoms with Crippen LogP contribution in [0.1, 0.15) is 65.0 Å². The first-order valence-electron chi connectivity index (χ1n) is 10.9. The van der Waals surface area contributed by atoms with Gasteiger partial charge in [-0.05, 0) is 47.1 Å². The Bertz CT molecular complexity index is 770. The van der Waals surface area contributed by atoms with Gasteiger partial charge in [0, 0.05) is 19.6 Å². The molecule has 1 aromatic rings. The summed E-state index contributed by atoms with van der Waals surface area (Å²) < 4.78 is 4.90. The Kier molecular flexibility index (Phi) is 5.98. The van der Waals surface area contributed by atoms with E-state index in [1.807, 2.05) is 11.8 Å². The van der Waals surface area contributed by atoms with Crippen LogP contribution in [0, 0.1) is 17.3 Å². The fraction of sp³-hybridized carbons (Fsp3) is 0.667. The first-order valence-corrected chi connectivity index (χ1v) is 10.9. The number of likely N-dealkylation sites (tertiary alicyclic amines) is 1. The second-order valence-corrected chi connectivity index (χ2v) is 9.89. The minimum absolute atomic E-state index is 0.142. The van der Waals surface area contributed by atoms with Crippen molar-refractivity contribution in [3.63, 3.8) is 0 Å². The minimum Gasteiger partial charge on any atom is -0.450 e. The number of rotatable bonds is 6. The molecule has 0 aromatic heterocycles. The van der Waals surface area contributed by atoms with Crippen LogP contribution in [0.5, 0.6) is 0 Å². The van der Waals surface area contributed by atoms with Gasteiger partial charge in [-0.15, -0.1) is 0 Å². The monoisotopic (exact) mass is 400 g/mol. The largest absolute Gasteiger partial charge is 0.450 e. The van der Waals surface area contributed by atoms with Crippen molar-refractivity contribution in [2.75, 3.05) is 26.2 Å². The van der Waals surface area contributed by atoms with E-state index < -0.39 is 6.09 Å². The fourth-order valence-electron chi connectivity index (χ4n) is 4.94. The number of fused-ring (bicyclic) bond motifs is 1. The van der Waals surface area contributed by atoms with E-state index in [1.54, 1.807) is 6.92 Å². The summed E-state index contributed by atoms with van der Waals surface area (Å²) in [5.41, 5.74) is 3.09. The van der Waals surface area contributed by atoms with Crippen molar-refractivity contribution in [2.45, 2.75) is 59.3 Å². The molecule has 5 heteroatoms. The van der Waals surface area contributed by atoms with Gasteiger partial charge < -0.3 is 15.0 Å². The van der Waals surface area contributed by atoms with E-state index in [-0.39, 0.29) is 22.7 Å². The molecule has 2 amide bonds. The third kappa shape index (κ3) is 4.29. The Hall–Kier alpha value is -2.04. The Morgan fingerprint density at radius 3 is 2.59 bits per heavy atom. The zero-order valence-corrected chi connectivity index (χ0v) is 18.7. The number of piperidine rings is 1. The lowest BCUT2D eigenvalue weighted by Crippen LogP contribution is -2.42. The number of nitrogens with one attached hydrogen (secondary N) is 1. The fourth-order valence-corrected chi connectivity index (χ4v) is 4.94. The minimum atomic E-state index is -0.450. The van der Waals surface area contributed by atoms with E-state index in [1.165, 1.54) is 11.1 Å². The van der Waals surface area contributed by atoms with Crippen LogP contribution in [0.2, 0.25) is 0 Å². The summed E-state index contributed by atoms with van der Waals surface area (Å²) in [6.07, 6.45) is 0.258. The Labute approximate surface area is 175 Å². The highest BCUT2D eigenvalue weighted by Crippen LogP contribution is 2.68. The molecule has 0 bridgehead atoms. The number of carbonyl (C=O) groups excluding carboxylic acids is 2. The molecular formula is C24H36N2O3. The number of alkyl carbamates (subject to hydrolysis) is 1. The van der Waals surface area contributed by atoms with Gasteiger partial charge in [-0.2, -0.15) is 0 Å². The number of nitrogens with zero attached hydrogens (tertiary/aromatic N) is 1. The third-order valence-corrected chi connectivity index (χ3v) is 6.83. The molecule has 1 saturated heterocycles. The summed E-state index contributed by atoms with van der Waals surface area (Å²) in [6, 6.07) is 8.99. The van der Waals surface area contributed by atoms with Crippen LogP contribution in [0.15, 0.2) is 24.3 Å². The molecule has 160 valence electrons. The molecule has 1 aliphatic carbocycles. The zero-order valence-electron chi connectivity index (χ0n) is 18.7. The molecule has 29 heavy (non-hydrogen) atoms. The van der Waals surface area contributed by atoms with Crippen molar-refractivity contribution in [2.24, 2.45) is 17.3 Å². The molecule has 2 aliphatic rings. The van der Waals surface area contributed by atoms with Crippen LogP contribution < -0.4 is 5.32 Å². The van der Waals surface area contributed by atoms with Crippen LogP contribution in [-0.4, -0.2) is 43.1 Å². The molecule has 1 saturated carbocycles. The molecule has 1 aliphatic heterocycles. The number of benzene rings is 1. The van der Waals surface area contributed by atoms with Crippen molar-refractivity contribution in [1.29, 1.82) is 0 Å². The maximum Gasteiger partial charge on any atom is 0.407 e. The van der Waals surface area contributed by atoms with Crippen molar-refractivity contribution < 1.29 is 14.3 Å². The Balaban J connectivity index is 1.62. The normalized spacial score (nSPS) is 26.6. The molecule has 0 radical (unpaired) electrons. The highest BCUT2D eigenvalue weighted by Gasteiger charge is 2.66. The second-order valence-electron chi connectivity index (χ2n) is 9.89. The maximum atomic E-state index is 13.0. The van der Waals surface area contributed by atoms with Crippen LogP contribution in [0.25, 0.3) is 0 Å². The molecule has 2 fully saturated rings. The van der Waals surface area contributed by atoms with Gasteiger partial charge in [0.05, 0.1) is 12.5 Å². The first-order chi connectivity index (χ1) is 13.6. The quantitative estimate of drug-likeness (QED) is 0.774. The first kappa shape index (κ1) is 21.7. The van der Waals surface area contributed by atoms with Gasteiger partial charge in [-0.1, -0.05) is 58.9 Å². The van der Waals surface area contributed by atoms with E-state index >= 15 is 0 Å². The SMILES string of the molecule is CCOC(=O)NC[C@@H](CC)C(=O)N1C[C@H]2[C@H](c3cccc(C(C)(C)C)c3)[C@@]2(C)C1. The topological polar surface area (TPSA) is 58.6 Å². The van der Waals surface area contributed by atoms with Gasteiger partial charge in [-0.3, -0.25) is 4.79 Å². The summed E-state index contributed by atoms with van der Waals surface area (Å²) in [5, 5.41) is 2.72. The summed E-state index contributed by atoms with van der Waals surface area (Å²) in [6.45, 7) is 15.1. The average molecular weight is 401 g/mol. The summed E-state index contributed by atoms with van der Waals surface area (Å²) in [5.74, 6) is 1.02. The Morgan fingerprint density at radius 1 is 1.31 bits per heavy atom. The predicted molar refractivity (Wildman–Crippen MR) is 115 cm³/mol. The summed E-state index contributed by atoms with van der Waals surface area (Å²) >= 11 is 0. The molecule has 1 heterocycles. The molecule has 3 rings (SSSR count). The molecule has 0 unspecified atom stereocenters. The summed E-state index contributed by atoms with van der Waals surface area (Å²) in [7, 11) is 0. The van der Waals surface area contributed by atoms with Crippen LogP contribution in [0.4, 0.5) is 4.79 Å². The number of hydrogen-bond acceptors (Lipinski definition) is 3. The lowest BCUT2D eigenvalue weighted by molar-refractivity contribution is -0.135. The standard InChI is InChI=1S/C24H36N2O3/c1-7-16(13-25-22(28)29-8-2)21(27)26-14-19-20(24(19,6)15-26)17-10-9-11-18(12-17)23(3,4)5/h9-12,16,19-20H,7-8,13-15H2,1-6H3,(H,25,28)/t16-,19+,20+,24+/m1/s1. The summed E-state index contributed by atoms with van der Waals surface area (Å²) in [4.78, 5) is 26.6. The number of ether oxygens (including phenoxy) is 1. The van der Waals surface area contributed by atoms with E-state index in [0.717, 1.165) is 13.1 Å². The van der Waals surface area contributed by atoms with Gasteiger partial charge in [0.25, 0.3) is 0 Å². The third-order valence-electron chi connectivity index (χ3n) is 6.83. The van der Waals surface area contributed by atoms with Gasteiger partial charge in [0.2, 0.25) is 5.91 Å². The van der Waals surface area contributed by atoms with Crippen molar-refractivity contribution in [3.8, 4) is 0 Å². The van der Waals surface area contributed by atoms with Crippen molar-refractivity contribution in [3.05, 3.63) is 35.4 Å². The second kappa shape index (κ2) is 8.00. The van der Waals surface area contributed by atoms with Gasteiger partial charge in [0.1, 0.15) is 0 Å². The zero-order chi connectivity index (χ0) is 21.4. The highest BCUT2D eigenvalue weighted by atomic mass is 16.5. The van der Waals surface area contributed by atoms with E-state index in [0.29, 0.717) is 31.4 Å². The lowest BCUT2D eigenvalue weighted by atomic mass is 9.85. The highest BCUT2D eigenvalue weighted by molar-refractivity contribution is 5.80. The predicted octanol–water partition coefficient (Wildman–Crippen LogP) is 4.32. The van der Waals surface area contributed by atoms with Gasteiger partial charge >= 0.3 is 6.09 Å². The van der Waals surface area contributed by atoms with Gasteiger partial charge in [0.15, 0.2) is 0 Å². The molecule has 1 N–H and O–H groups in total. The Morgan fingerprint density at radius 2 is 2.03 bits per heavy atom. The molecule has 5 nitrogen and oxygen atoms in total. The van der Waals surface area contributed by atoms with Crippen LogP contribution >= 0.6 is 0 Å². The molecular weight excluding hydrogens is 364 g/mol. The smallest absolute Gasteiger partial charge is 0.407 e. The molecule has 4 atom stereocenters. The number of hydrogen-bond donors (Lipinski definition) is 1. The van der Waals surface area contributed by atoms with Gasteiger partial charge in [-0.25, -0.2) is 4.79 Å². The molecule has 1 aromatic carbocycles. The van der Waals surface area contributed by atoms with Crippen molar-refractivity contribution in [1.82, 2.24) is 10.2 Å². The van der Waals surface area contributed by atoms with E-state index in [2.05, 4.69) is 57.3 Å². The average Bonchev–Trinajstić information content (AvgIpc) is 3.07. The van der Waals surface area contributed by atoms with E-state index in [4.69, 9.17) is 4.74 Å². The lowest BCUT2D eigenvalue weighted by Gasteiger charge is -2.27. The van der Waals surface area contributed by atoms with E-state index in [9.17, 15) is 9.59 Å². The van der Waals surface area contributed by atoms with Crippen LogP contribution in [-0.2, 0) is 14.9 Å².